The molecule has 3 aromatic rings. The van der Waals surface area contributed by atoms with Gasteiger partial charge in [-0.3, -0.25) is 9.59 Å². The van der Waals surface area contributed by atoms with Gasteiger partial charge < -0.3 is 15.0 Å². The van der Waals surface area contributed by atoms with E-state index in [9.17, 15) is 9.59 Å². The first-order valence-electron chi connectivity index (χ1n) is 11.1. The quantitative estimate of drug-likeness (QED) is 0.558. The highest BCUT2D eigenvalue weighted by Gasteiger charge is 2.43. The first-order chi connectivity index (χ1) is 16.1. The smallest absolute Gasteiger partial charge is 0.260 e. The van der Waals surface area contributed by atoms with Gasteiger partial charge in [0.05, 0.1) is 5.41 Å². The van der Waals surface area contributed by atoms with Crippen molar-refractivity contribution in [3.8, 4) is 5.75 Å². The minimum atomic E-state index is -0.663. The molecule has 0 radical (unpaired) electrons. The Kier molecular flexibility index (Phi) is 7.30. The Morgan fingerprint density at radius 2 is 1.48 bits per heavy atom. The molecule has 0 aromatic heterocycles. The van der Waals surface area contributed by atoms with Crippen LogP contribution < -0.4 is 10.1 Å². The van der Waals surface area contributed by atoms with Crippen LogP contribution in [0.5, 0.6) is 5.75 Å². The maximum absolute atomic E-state index is 13.5. The van der Waals surface area contributed by atoms with E-state index >= 15 is 0 Å². The van der Waals surface area contributed by atoms with E-state index in [1.54, 1.807) is 29.2 Å². The number of likely N-dealkylation sites (tertiary alicyclic amines) is 1. The third-order valence-electron chi connectivity index (χ3n) is 6.20. The number of carbonyl (C=O) groups excluding carboxylic acids is 2. The summed E-state index contributed by atoms with van der Waals surface area (Å²) in [7, 11) is 0. The van der Waals surface area contributed by atoms with E-state index in [4.69, 9.17) is 16.3 Å². The third-order valence-corrected chi connectivity index (χ3v) is 6.45. The van der Waals surface area contributed by atoms with Crippen LogP contribution in [-0.4, -0.2) is 36.4 Å². The molecule has 1 heterocycles. The number of piperidine rings is 1. The van der Waals surface area contributed by atoms with Gasteiger partial charge in [-0.15, -0.1) is 0 Å². The van der Waals surface area contributed by atoms with Crippen molar-refractivity contribution in [1.29, 1.82) is 0 Å². The van der Waals surface area contributed by atoms with Gasteiger partial charge in [0.2, 0.25) is 5.91 Å². The average Bonchev–Trinajstić information content (AvgIpc) is 2.88. The molecule has 1 aliphatic rings. The molecule has 0 unspecified atom stereocenters. The average molecular weight is 463 g/mol. The lowest BCUT2D eigenvalue weighted by molar-refractivity contribution is -0.138. The molecule has 1 fully saturated rings. The maximum Gasteiger partial charge on any atom is 0.260 e. The summed E-state index contributed by atoms with van der Waals surface area (Å²) >= 11 is 5.89. The molecule has 1 N–H and O–H groups in total. The molecule has 6 heteroatoms. The summed E-state index contributed by atoms with van der Waals surface area (Å²) in [4.78, 5) is 28.0. The lowest BCUT2D eigenvalue weighted by Crippen LogP contribution is -2.53. The molecule has 0 bridgehead atoms. The molecule has 0 aliphatic carbocycles. The van der Waals surface area contributed by atoms with Gasteiger partial charge in [0, 0.05) is 24.7 Å². The number of hydrogen-bond acceptors (Lipinski definition) is 3. The lowest BCUT2D eigenvalue weighted by Gasteiger charge is -2.41. The van der Waals surface area contributed by atoms with Crippen molar-refractivity contribution in [2.24, 2.45) is 0 Å². The molecule has 170 valence electrons. The number of benzene rings is 3. The molecular weight excluding hydrogens is 436 g/mol. The van der Waals surface area contributed by atoms with E-state index in [1.807, 2.05) is 60.7 Å². The molecule has 5 nitrogen and oxygen atoms in total. The van der Waals surface area contributed by atoms with Gasteiger partial charge in [-0.1, -0.05) is 72.3 Å². The topological polar surface area (TPSA) is 58.6 Å². The zero-order chi connectivity index (χ0) is 23.1. The summed E-state index contributed by atoms with van der Waals surface area (Å²) in [6.07, 6.45) is 1.12. The molecule has 3 aromatic carbocycles. The maximum atomic E-state index is 13.5. The predicted molar refractivity (Wildman–Crippen MR) is 129 cm³/mol. The van der Waals surface area contributed by atoms with Gasteiger partial charge >= 0.3 is 0 Å². The van der Waals surface area contributed by atoms with Crippen LogP contribution in [-0.2, 0) is 21.5 Å². The van der Waals surface area contributed by atoms with E-state index in [0.717, 1.165) is 11.1 Å². The SMILES string of the molecule is O=C(COc1ccc(Cl)cc1)N1CCC(C(=O)NCc2ccccc2)(c2ccccc2)CC1. The number of amides is 2. The predicted octanol–water partition coefficient (Wildman–Crippen LogP) is 4.60. The molecule has 0 atom stereocenters. The van der Waals surface area contributed by atoms with Crippen LogP contribution in [0, 0.1) is 0 Å². The van der Waals surface area contributed by atoms with E-state index in [2.05, 4.69) is 5.32 Å². The van der Waals surface area contributed by atoms with Gasteiger partial charge in [-0.2, -0.15) is 0 Å². The van der Waals surface area contributed by atoms with Crippen molar-refractivity contribution in [3.05, 3.63) is 101 Å². The van der Waals surface area contributed by atoms with Crippen LogP contribution >= 0.6 is 11.6 Å². The minimum absolute atomic E-state index is 0.00191. The van der Waals surface area contributed by atoms with Crippen LogP contribution in [0.3, 0.4) is 0 Å². The van der Waals surface area contributed by atoms with Crippen LogP contribution in [0.2, 0.25) is 5.02 Å². The summed E-state index contributed by atoms with van der Waals surface area (Å²) in [5.41, 5.74) is 1.38. The second kappa shape index (κ2) is 10.5. The van der Waals surface area contributed by atoms with Crippen LogP contribution in [0.15, 0.2) is 84.9 Å². The molecular formula is C27H27ClN2O3. The first-order valence-corrected chi connectivity index (χ1v) is 11.5. The molecule has 1 aliphatic heterocycles. The van der Waals surface area contributed by atoms with Crippen molar-refractivity contribution in [2.45, 2.75) is 24.8 Å². The lowest BCUT2D eigenvalue weighted by atomic mass is 9.72. The Morgan fingerprint density at radius 3 is 2.12 bits per heavy atom. The normalized spacial score (nSPS) is 15.0. The van der Waals surface area contributed by atoms with E-state index in [0.29, 0.717) is 43.2 Å². The van der Waals surface area contributed by atoms with Crippen molar-refractivity contribution in [1.82, 2.24) is 10.2 Å². The Labute approximate surface area is 199 Å². The summed E-state index contributed by atoms with van der Waals surface area (Å²) in [5, 5.41) is 3.74. The van der Waals surface area contributed by atoms with Crippen LogP contribution in [0.1, 0.15) is 24.0 Å². The van der Waals surface area contributed by atoms with Crippen molar-refractivity contribution < 1.29 is 14.3 Å². The molecule has 33 heavy (non-hydrogen) atoms. The molecule has 4 rings (SSSR count). The van der Waals surface area contributed by atoms with E-state index < -0.39 is 5.41 Å². The molecule has 2 amide bonds. The van der Waals surface area contributed by atoms with Crippen LogP contribution in [0.25, 0.3) is 0 Å². The Morgan fingerprint density at radius 1 is 0.879 bits per heavy atom. The number of ether oxygens (including phenoxy) is 1. The summed E-state index contributed by atoms with van der Waals surface area (Å²) in [5.74, 6) is 0.516. The van der Waals surface area contributed by atoms with Gasteiger partial charge in [0.15, 0.2) is 6.61 Å². The fourth-order valence-electron chi connectivity index (χ4n) is 4.26. The minimum Gasteiger partial charge on any atom is -0.484 e. The number of nitrogens with zero attached hydrogens (tertiary/aromatic N) is 1. The summed E-state index contributed by atoms with van der Waals surface area (Å²) < 4.78 is 5.62. The Balaban J connectivity index is 1.41. The standard InChI is InChI=1S/C27H27ClN2O3/c28-23-11-13-24(14-12-23)33-20-25(31)30-17-15-27(16-18-30,22-9-5-2-6-10-22)26(32)29-19-21-7-3-1-4-8-21/h1-14H,15-20H2,(H,29,32). The number of halogens is 1. The highest BCUT2D eigenvalue weighted by Crippen LogP contribution is 2.36. The first kappa shape index (κ1) is 22.9. The summed E-state index contributed by atoms with van der Waals surface area (Å²) in [6.45, 7) is 1.43. The third kappa shape index (κ3) is 5.55. The number of carbonyl (C=O) groups is 2. The molecule has 0 spiro atoms. The van der Waals surface area contributed by atoms with Gasteiger partial charge in [0.1, 0.15) is 5.75 Å². The zero-order valence-electron chi connectivity index (χ0n) is 18.4. The molecule has 1 saturated heterocycles. The van der Waals surface area contributed by atoms with Crippen LogP contribution in [0.4, 0.5) is 0 Å². The zero-order valence-corrected chi connectivity index (χ0v) is 19.1. The van der Waals surface area contributed by atoms with Crippen molar-refractivity contribution >= 4 is 23.4 Å². The Bertz CT molecular complexity index is 1060. The number of rotatable bonds is 7. The Hall–Kier alpha value is -3.31. The van der Waals surface area contributed by atoms with Crippen molar-refractivity contribution in [2.75, 3.05) is 19.7 Å². The summed E-state index contributed by atoms with van der Waals surface area (Å²) in [6, 6.07) is 26.7. The van der Waals surface area contributed by atoms with Crippen molar-refractivity contribution in [3.63, 3.8) is 0 Å². The van der Waals surface area contributed by atoms with Gasteiger partial charge in [-0.25, -0.2) is 0 Å². The van der Waals surface area contributed by atoms with Gasteiger partial charge in [0.25, 0.3) is 5.91 Å². The van der Waals surface area contributed by atoms with E-state index in [-0.39, 0.29) is 18.4 Å². The highest BCUT2D eigenvalue weighted by molar-refractivity contribution is 6.30. The second-order valence-corrected chi connectivity index (χ2v) is 8.68. The highest BCUT2D eigenvalue weighted by atomic mass is 35.5. The fourth-order valence-corrected chi connectivity index (χ4v) is 4.38. The molecule has 0 saturated carbocycles. The largest absolute Gasteiger partial charge is 0.484 e. The van der Waals surface area contributed by atoms with E-state index in [1.165, 1.54) is 0 Å². The number of hydrogen-bond donors (Lipinski definition) is 1. The second-order valence-electron chi connectivity index (χ2n) is 8.24. The number of nitrogens with one attached hydrogen (secondary N) is 1. The van der Waals surface area contributed by atoms with Gasteiger partial charge in [-0.05, 0) is 48.2 Å². The monoisotopic (exact) mass is 462 g/mol. The fraction of sp³-hybridized carbons (Fsp3) is 0.259.